The number of carbonyl (C=O) groups is 2. The van der Waals surface area contributed by atoms with Crippen molar-refractivity contribution in [2.75, 3.05) is 37.5 Å². The second-order valence-electron chi connectivity index (χ2n) is 4.27. The first-order chi connectivity index (χ1) is 9.10. The molecule has 0 atom stereocenters. The number of rotatable bonds is 4. The fourth-order valence-electron chi connectivity index (χ4n) is 1.80. The fraction of sp³-hybridized carbons (Fsp3) is 0.385. The lowest BCUT2D eigenvalue weighted by Gasteiger charge is -2.23. The molecule has 0 saturated heterocycles. The number of ether oxygens (including phenoxy) is 2. The normalized spacial score (nSPS) is 13.1. The van der Waals surface area contributed by atoms with Crippen LogP contribution in [0.15, 0.2) is 18.2 Å². The molecule has 0 bridgehead atoms. The van der Waals surface area contributed by atoms with E-state index in [0.29, 0.717) is 24.4 Å². The van der Waals surface area contributed by atoms with Crippen LogP contribution in [0.1, 0.15) is 6.42 Å². The van der Waals surface area contributed by atoms with Crippen LogP contribution in [0.25, 0.3) is 0 Å². The summed E-state index contributed by atoms with van der Waals surface area (Å²) in [7, 11) is 3.24. The molecule has 0 saturated carbocycles. The molecular weight excluding hydrogens is 248 g/mol. The second-order valence-corrected chi connectivity index (χ2v) is 4.27. The van der Waals surface area contributed by atoms with Crippen LogP contribution >= 0.6 is 0 Å². The molecule has 2 rings (SSSR count). The number of nitrogens with zero attached hydrogens (tertiary/aromatic N) is 1. The highest BCUT2D eigenvalue weighted by atomic mass is 16.5. The number of amides is 1. The maximum absolute atomic E-state index is 11.2. The molecule has 0 spiro atoms. The van der Waals surface area contributed by atoms with Crippen LogP contribution < -0.4 is 15.0 Å². The smallest absolute Gasteiger partial charge is 0.307 e. The quantitative estimate of drug-likeness (QED) is 0.822. The number of fused-ring (bicyclic) bond motifs is 1. The first kappa shape index (κ1) is 13.2. The Morgan fingerprint density at radius 2 is 2.32 bits per heavy atom. The summed E-state index contributed by atoms with van der Waals surface area (Å²) in [6.07, 6.45) is 0.312. The zero-order chi connectivity index (χ0) is 13.8. The van der Waals surface area contributed by atoms with Gasteiger partial charge in [0.1, 0.15) is 5.75 Å². The van der Waals surface area contributed by atoms with E-state index in [0.717, 1.165) is 5.69 Å². The molecule has 6 heteroatoms. The summed E-state index contributed by atoms with van der Waals surface area (Å²) >= 11 is 0. The molecule has 0 radical (unpaired) electrons. The Hall–Kier alpha value is -2.24. The molecule has 1 aromatic carbocycles. The van der Waals surface area contributed by atoms with Gasteiger partial charge in [-0.2, -0.15) is 0 Å². The van der Waals surface area contributed by atoms with Gasteiger partial charge in [-0.1, -0.05) is 0 Å². The number of anilines is 2. The van der Waals surface area contributed by atoms with Gasteiger partial charge in [-0.05, 0) is 18.2 Å². The van der Waals surface area contributed by atoms with Gasteiger partial charge in [0.25, 0.3) is 5.91 Å². The number of carbonyl (C=O) groups excluding carboxylic acids is 2. The average molecular weight is 264 g/mol. The van der Waals surface area contributed by atoms with Crippen LogP contribution in [0.5, 0.6) is 5.75 Å². The van der Waals surface area contributed by atoms with Crippen LogP contribution in [0.2, 0.25) is 0 Å². The van der Waals surface area contributed by atoms with Crippen LogP contribution in [-0.4, -0.2) is 39.2 Å². The number of hydrogen-bond donors (Lipinski definition) is 1. The third-order valence-electron chi connectivity index (χ3n) is 2.92. The summed E-state index contributed by atoms with van der Waals surface area (Å²) in [4.78, 5) is 24.3. The topological polar surface area (TPSA) is 67.9 Å². The highest BCUT2D eigenvalue weighted by Gasteiger charge is 2.16. The number of nitrogens with one attached hydrogen (secondary N) is 1. The lowest BCUT2D eigenvalue weighted by molar-refractivity contribution is -0.140. The van der Waals surface area contributed by atoms with Gasteiger partial charge in [-0.3, -0.25) is 9.59 Å². The van der Waals surface area contributed by atoms with Crippen molar-refractivity contribution in [3.05, 3.63) is 18.2 Å². The zero-order valence-corrected chi connectivity index (χ0v) is 10.9. The van der Waals surface area contributed by atoms with Gasteiger partial charge in [0.2, 0.25) is 0 Å². The molecule has 0 aromatic heterocycles. The van der Waals surface area contributed by atoms with E-state index in [9.17, 15) is 9.59 Å². The van der Waals surface area contributed by atoms with Crippen LogP contribution in [0.4, 0.5) is 11.4 Å². The SMILES string of the molecule is COC(=O)CCN(C)c1ccc2c(c1)NC(=O)CO2. The molecule has 1 aromatic rings. The van der Waals surface area contributed by atoms with E-state index in [-0.39, 0.29) is 18.5 Å². The summed E-state index contributed by atoms with van der Waals surface area (Å²) in [6, 6.07) is 5.51. The van der Waals surface area contributed by atoms with Crippen molar-refractivity contribution < 1.29 is 19.1 Å². The van der Waals surface area contributed by atoms with Gasteiger partial charge in [0.05, 0.1) is 19.2 Å². The Kier molecular flexibility index (Phi) is 3.89. The van der Waals surface area contributed by atoms with E-state index < -0.39 is 0 Å². The molecule has 1 aliphatic heterocycles. The van der Waals surface area contributed by atoms with Gasteiger partial charge >= 0.3 is 5.97 Å². The van der Waals surface area contributed by atoms with Gasteiger partial charge in [-0.15, -0.1) is 0 Å². The Morgan fingerprint density at radius 1 is 1.53 bits per heavy atom. The van der Waals surface area contributed by atoms with E-state index in [2.05, 4.69) is 10.1 Å². The van der Waals surface area contributed by atoms with Crippen molar-refractivity contribution in [3.63, 3.8) is 0 Å². The Labute approximate surface area is 111 Å². The summed E-state index contributed by atoms with van der Waals surface area (Å²) in [5, 5.41) is 2.75. The van der Waals surface area contributed by atoms with Crippen LogP contribution in [0, 0.1) is 0 Å². The summed E-state index contributed by atoms with van der Waals surface area (Å²) in [6.45, 7) is 0.588. The van der Waals surface area contributed by atoms with E-state index in [1.54, 1.807) is 6.07 Å². The second kappa shape index (κ2) is 5.60. The van der Waals surface area contributed by atoms with Gasteiger partial charge in [0, 0.05) is 19.3 Å². The molecule has 1 amide bonds. The van der Waals surface area contributed by atoms with Crippen molar-refractivity contribution in [2.45, 2.75) is 6.42 Å². The minimum absolute atomic E-state index is 0.0462. The minimum atomic E-state index is -0.249. The molecule has 0 aliphatic carbocycles. The van der Waals surface area contributed by atoms with Crippen LogP contribution in [0.3, 0.4) is 0 Å². The number of hydrogen-bond acceptors (Lipinski definition) is 5. The standard InChI is InChI=1S/C13H16N2O4/c1-15(6-5-13(17)18-2)9-3-4-11-10(7-9)14-12(16)8-19-11/h3-4,7H,5-6,8H2,1-2H3,(H,14,16). The molecule has 102 valence electrons. The van der Waals surface area contributed by atoms with Crippen molar-refractivity contribution in [3.8, 4) is 5.75 Å². The molecule has 0 unspecified atom stereocenters. The van der Waals surface area contributed by atoms with E-state index >= 15 is 0 Å². The molecular formula is C13H16N2O4. The highest BCUT2D eigenvalue weighted by molar-refractivity contribution is 5.96. The molecule has 1 heterocycles. The van der Waals surface area contributed by atoms with Crippen LogP contribution in [-0.2, 0) is 14.3 Å². The highest BCUT2D eigenvalue weighted by Crippen LogP contribution is 2.31. The van der Waals surface area contributed by atoms with E-state index in [4.69, 9.17) is 4.74 Å². The molecule has 1 aliphatic rings. The van der Waals surface area contributed by atoms with Crippen molar-refractivity contribution >= 4 is 23.3 Å². The number of esters is 1. The van der Waals surface area contributed by atoms with Gasteiger partial charge < -0.3 is 19.7 Å². The third-order valence-corrected chi connectivity index (χ3v) is 2.92. The van der Waals surface area contributed by atoms with Gasteiger partial charge in [0.15, 0.2) is 6.61 Å². The number of benzene rings is 1. The van der Waals surface area contributed by atoms with E-state index in [1.807, 2.05) is 24.1 Å². The maximum atomic E-state index is 11.2. The molecule has 0 fully saturated rings. The minimum Gasteiger partial charge on any atom is -0.482 e. The predicted octanol–water partition coefficient (Wildman–Crippen LogP) is 1.02. The van der Waals surface area contributed by atoms with Crippen molar-refractivity contribution in [1.29, 1.82) is 0 Å². The number of methoxy groups -OCH3 is 1. The monoisotopic (exact) mass is 264 g/mol. The molecule has 19 heavy (non-hydrogen) atoms. The average Bonchev–Trinajstić information content (AvgIpc) is 2.43. The van der Waals surface area contributed by atoms with Crippen molar-refractivity contribution in [2.24, 2.45) is 0 Å². The Bertz CT molecular complexity index is 501. The Morgan fingerprint density at radius 3 is 3.05 bits per heavy atom. The molecule has 6 nitrogen and oxygen atoms in total. The van der Waals surface area contributed by atoms with Crippen molar-refractivity contribution in [1.82, 2.24) is 0 Å². The van der Waals surface area contributed by atoms with E-state index in [1.165, 1.54) is 7.11 Å². The Balaban J connectivity index is 2.06. The lowest BCUT2D eigenvalue weighted by Crippen LogP contribution is -2.26. The predicted molar refractivity (Wildman–Crippen MR) is 70.5 cm³/mol. The van der Waals surface area contributed by atoms with Gasteiger partial charge in [-0.25, -0.2) is 0 Å². The first-order valence-corrected chi connectivity index (χ1v) is 5.95. The largest absolute Gasteiger partial charge is 0.482 e. The third kappa shape index (κ3) is 3.15. The lowest BCUT2D eigenvalue weighted by atomic mass is 10.2. The maximum Gasteiger partial charge on any atom is 0.307 e. The fourth-order valence-corrected chi connectivity index (χ4v) is 1.80. The first-order valence-electron chi connectivity index (χ1n) is 5.95. The summed E-state index contributed by atoms with van der Waals surface area (Å²) in [5.74, 6) is 0.244. The summed E-state index contributed by atoms with van der Waals surface area (Å²) in [5.41, 5.74) is 1.55. The zero-order valence-electron chi connectivity index (χ0n) is 10.9. The summed E-state index contributed by atoms with van der Waals surface area (Å²) < 4.78 is 9.88. The molecule has 1 N–H and O–H groups in total.